The second-order valence-corrected chi connectivity index (χ2v) is 12.6. The summed E-state index contributed by atoms with van der Waals surface area (Å²) >= 11 is 0. The highest BCUT2D eigenvalue weighted by Gasteiger charge is 2.50. The lowest BCUT2D eigenvalue weighted by atomic mass is 9.97. The Bertz CT molecular complexity index is 1920. The van der Waals surface area contributed by atoms with Gasteiger partial charge in [0.15, 0.2) is 11.5 Å². The first-order chi connectivity index (χ1) is 25.2. The smallest absolute Gasteiger partial charge is 0.229 e. The Hall–Kier alpha value is -5.02. The first kappa shape index (κ1) is 34.4. The van der Waals surface area contributed by atoms with Gasteiger partial charge in [-0.15, -0.1) is 0 Å². The number of ether oxygens (including phenoxy) is 6. The molecule has 1 N–H and O–H groups in total. The predicted molar refractivity (Wildman–Crippen MR) is 196 cm³/mol. The number of fused-ring (bicyclic) bond motifs is 1. The number of hydrogen-bond donors (Lipinski definition) is 1. The van der Waals surface area contributed by atoms with Crippen LogP contribution in [0.3, 0.4) is 0 Å². The highest BCUT2D eigenvalue weighted by Crippen LogP contribution is 2.39. The van der Waals surface area contributed by atoms with Crippen molar-refractivity contribution in [3.63, 3.8) is 0 Å². The van der Waals surface area contributed by atoms with Crippen molar-refractivity contribution < 1.29 is 33.5 Å². The number of rotatable bonds is 15. The molecule has 0 spiro atoms. The van der Waals surface area contributed by atoms with Gasteiger partial charge in [0.1, 0.15) is 24.4 Å². The molecule has 0 amide bonds. The van der Waals surface area contributed by atoms with Crippen LogP contribution in [0.15, 0.2) is 158 Å². The standard InChI is InChI=1S/C44H42O7/c45-38-26-25-36-23-13-14-24-37(36)40(38)51-44-43(49-30-35-21-11-4-12-22-35)42(48-29-34-19-9-3-10-20-34)41(47-28-33-17-7-2-8-18-33)39(50-44)31-46-27-32-15-5-1-6-16-32/h1-26,39,41-45H,27-31H2/t39-,41-,42+,43+,44+/m1/s1. The fourth-order valence-electron chi connectivity index (χ4n) is 6.31. The van der Waals surface area contributed by atoms with Crippen LogP contribution >= 0.6 is 0 Å². The predicted octanol–water partition coefficient (Wildman–Crippen LogP) is 8.62. The van der Waals surface area contributed by atoms with E-state index < -0.39 is 30.7 Å². The summed E-state index contributed by atoms with van der Waals surface area (Å²) in [5.74, 6) is 0.307. The van der Waals surface area contributed by atoms with Crippen molar-refractivity contribution in [3.05, 3.63) is 180 Å². The van der Waals surface area contributed by atoms with Crippen molar-refractivity contribution in [2.45, 2.75) is 57.1 Å². The first-order valence-corrected chi connectivity index (χ1v) is 17.3. The molecule has 260 valence electrons. The maximum Gasteiger partial charge on any atom is 0.229 e. The summed E-state index contributed by atoms with van der Waals surface area (Å²) in [6.45, 7) is 1.52. The van der Waals surface area contributed by atoms with Crippen LogP contribution < -0.4 is 4.74 Å². The van der Waals surface area contributed by atoms with Crippen LogP contribution in [0.1, 0.15) is 22.3 Å². The van der Waals surface area contributed by atoms with E-state index in [4.69, 9.17) is 28.4 Å². The van der Waals surface area contributed by atoms with E-state index in [2.05, 4.69) is 0 Å². The Labute approximate surface area is 298 Å². The van der Waals surface area contributed by atoms with E-state index in [1.807, 2.05) is 152 Å². The zero-order valence-corrected chi connectivity index (χ0v) is 28.3. The molecule has 51 heavy (non-hydrogen) atoms. The summed E-state index contributed by atoms with van der Waals surface area (Å²) in [5.41, 5.74) is 4.06. The fourth-order valence-corrected chi connectivity index (χ4v) is 6.31. The van der Waals surface area contributed by atoms with Gasteiger partial charge in [0, 0.05) is 5.39 Å². The Morgan fingerprint density at radius 2 is 0.941 bits per heavy atom. The SMILES string of the molecule is Oc1ccc2ccccc2c1O[C@@H]1O[C@H](COCc2ccccc2)[C@@H](OCc2ccccc2)[C@H](OCc2ccccc2)[C@@H]1OCc1ccccc1. The highest BCUT2D eigenvalue weighted by atomic mass is 16.7. The van der Waals surface area contributed by atoms with E-state index >= 15 is 0 Å². The largest absolute Gasteiger partial charge is 0.504 e. The van der Waals surface area contributed by atoms with E-state index in [1.165, 1.54) is 0 Å². The van der Waals surface area contributed by atoms with Crippen LogP contribution in [-0.4, -0.2) is 42.4 Å². The summed E-state index contributed by atoms with van der Waals surface area (Å²) < 4.78 is 40.1. The van der Waals surface area contributed by atoms with E-state index in [1.54, 1.807) is 6.07 Å². The Balaban J connectivity index is 1.25. The quantitative estimate of drug-likeness (QED) is 0.116. The molecule has 1 heterocycles. The van der Waals surface area contributed by atoms with E-state index in [-0.39, 0.29) is 19.0 Å². The summed E-state index contributed by atoms with van der Waals surface area (Å²) in [7, 11) is 0. The molecular weight excluding hydrogens is 640 g/mol. The van der Waals surface area contributed by atoms with Crippen molar-refractivity contribution in [1.82, 2.24) is 0 Å². The normalized spacial score (nSPS) is 20.3. The molecule has 0 aliphatic carbocycles. The molecule has 1 aliphatic heterocycles. The summed E-state index contributed by atoms with van der Waals surface area (Å²) in [6.07, 6.45) is -3.63. The number of aromatic hydroxyl groups is 1. The maximum atomic E-state index is 11.1. The minimum absolute atomic E-state index is 0.000178. The molecule has 6 aromatic carbocycles. The molecule has 7 heteroatoms. The molecule has 0 saturated carbocycles. The molecule has 0 bridgehead atoms. The highest BCUT2D eigenvalue weighted by molar-refractivity contribution is 5.90. The minimum Gasteiger partial charge on any atom is -0.504 e. The first-order valence-electron chi connectivity index (χ1n) is 17.3. The lowest BCUT2D eigenvalue weighted by molar-refractivity contribution is -0.310. The van der Waals surface area contributed by atoms with Crippen LogP contribution in [0, 0.1) is 0 Å². The van der Waals surface area contributed by atoms with Crippen LogP contribution in [0.2, 0.25) is 0 Å². The second kappa shape index (κ2) is 17.3. The summed E-state index contributed by atoms with van der Waals surface area (Å²) in [6, 6.07) is 51.3. The molecule has 1 saturated heterocycles. The van der Waals surface area contributed by atoms with Crippen LogP contribution in [0.4, 0.5) is 0 Å². The van der Waals surface area contributed by atoms with Gasteiger partial charge in [0.05, 0.1) is 33.0 Å². The molecule has 6 aromatic rings. The molecule has 7 nitrogen and oxygen atoms in total. The van der Waals surface area contributed by atoms with Crippen molar-refractivity contribution in [2.24, 2.45) is 0 Å². The van der Waals surface area contributed by atoms with Crippen molar-refractivity contribution in [2.75, 3.05) is 6.61 Å². The number of hydrogen-bond acceptors (Lipinski definition) is 7. The van der Waals surface area contributed by atoms with Gasteiger partial charge in [-0.05, 0) is 33.7 Å². The van der Waals surface area contributed by atoms with Crippen molar-refractivity contribution in [3.8, 4) is 11.5 Å². The molecule has 5 atom stereocenters. The molecule has 1 fully saturated rings. The topological polar surface area (TPSA) is 75.6 Å². The van der Waals surface area contributed by atoms with Gasteiger partial charge in [-0.2, -0.15) is 0 Å². The van der Waals surface area contributed by atoms with Gasteiger partial charge >= 0.3 is 0 Å². The van der Waals surface area contributed by atoms with Crippen LogP contribution in [0.25, 0.3) is 10.8 Å². The van der Waals surface area contributed by atoms with Gasteiger partial charge in [-0.25, -0.2) is 0 Å². The molecule has 7 rings (SSSR count). The Morgan fingerprint density at radius 3 is 1.51 bits per heavy atom. The molecule has 0 unspecified atom stereocenters. The molecule has 0 radical (unpaired) electrons. The third-order valence-electron chi connectivity index (χ3n) is 8.93. The summed E-state index contributed by atoms with van der Waals surface area (Å²) in [5, 5.41) is 12.8. The molecule has 0 aromatic heterocycles. The third kappa shape index (κ3) is 9.02. The van der Waals surface area contributed by atoms with Gasteiger partial charge in [-0.3, -0.25) is 0 Å². The lowest BCUT2D eigenvalue weighted by Gasteiger charge is -2.45. The maximum absolute atomic E-state index is 11.1. The van der Waals surface area contributed by atoms with E-state index in [9.17, 15) is 5.11 Å². The average molecular weight is 683 g/mol. The fraction of sp³-hybridized carbons (Fsp3) is 0.227. The van der Waals surface area contributed by atoms with E-state index in [0.29, 0.717) is 25.6 Å². The summed E-state index contributed by atoms with van der Waals surface area (Å²) in [4.78, 5) is 0. The number of phenols is 1. The lowest BCUT2D eigenvalue weighted by Crippen LogP contribution is -2.62. The van der Waals surface area contributed by atoms with Crippen molar-refractivity contribution in [1.29, 1.82) is 0 Å². The molecule has 1 aliphatic rings. The molecular formula is C44H42O7. The zero-order chi connectivity index (χ0) is 34.7. The third-order valence-corrected chi connectivity index (χ3v) is 8.93. The number of benzene rings is 6. The van der Waals surface area contributed by atoms with Gasteiger partial charge < -0.3 is 33.5 Å². The Morgan fingerprint density at radius 1 is 0.471 bits per heavy atom. The Kier molecular flexibility index (Phi) is 11.7. The monoisotopic (exact) mass is 682 g/mol. The van der Waals surface area contributed by atoms with Gasteiger partial charge in [0.25, 0.3) is 0 Å². The van der Waals surface area contributed by atoms with Crippen LogP contribution in [-0.2, 0) is 50.1 Å². The van der Waals surface area contributed by atoms with E-state index in [0.717, 1.165) is 33.0 Å². The number of phenolic OH excluding ortho intramolecular Hbond substituents is 1. The van der Waals surface area contributed by atoms with Gasteiger partial charge in [-0.1, -0.05) is 152 Å². The minimum atomic E-state index is -0.993. The zero-order valence-electron chi connectivity index (χ0n) is 28.3. The van der Waals surface area contributed by atoms with Crippen LogP contribution in [0.5, 0.6) is 11.5 Å². The average Bonchev–Trinajstić information content (AvgIpc) is 3.19. The second-order valence-electron chi connectivity index (χ2n) is 12.6. The van der Waals surface area contributed by atoms with Crippen molar-refractivity contribution >= 4 is 10.8 Å². The van der Waals surface area contributed by atoms with Gasteiger partial charge in [0.2, 0.25) is 6.29 Å².